The first-order valence-electron chi connectivity index (χ1n) is 7.87. The Kier molecular flexibility index (Phi) is 5.55. The minimum atomic E-state index is -0.577. The molecule has 2 aromatic rings. The summed E-state index contributed by atoms with van der Waals surface area (Å²) in [6.45, 7) is 2.89. The molecule has 24 heavy (non-hydrogen) atoms. The molecule has 1 N–H and O–H groups in total. The summed E-state index contributed by atoms with van der Waals surface area (Å²) < 4.78 is 24.0. The van der Waals surface area contributed by atoms with E-state index in [0.29, 0.717) is 17.4 Å². The van der Waals surface area contributed by atoms with Crippen molar-refractivity contribution in [3.05, 3.63) is 35.5 Å². The van der Waals surface area contributed by atoms with Gasteiger partial charge < -0.3 is 9.47 Å². The van der Waals surface area contributed by atoms with Crippen LogP contribution in [0.2, 0.25) is 0 Å². The predicted molar refractivity (Wildman–Crippen MR) is 90.5 cm³/mol. The molecule has 5 nitrogen and oxygen atoms in total. The zero-order valence-electron chi connectivity index (χ0n) is 13.3. The topological polar surface area (TPSA) is 60.5 Å². The molecule has 1 aromatic heterocycles. The van der Waals surface area contributed by atoms with E-state index in [-0.39, 0.29) is 17.8 Å². The summed E-state index contributed by atoms with van der Waals surface area (Å²) in [5.41, 5.74) is 1.50. The highest BCUT2D eigenvalue weighted by molar-refractivity contribution is 7.14. The number of hydrogen-bond acceptors (Lipinski definition) is 5. The van der Waals surface area contributed by atoms with Gasteiger partial charge in [0.05, 0.1) is 18.4 Å². The van der Waals surface area contributed by atoms with Gasteiger partial charge in [-0.1, -0.05) is 0 Å². The van der Waals surface area contributed by atoms with Gasteiger partial charge >= 0.3 is 0 Å². The molecule has 1 saturated heterocycles. The molecule has 0 bridgehead atoms. The zero-order valence-corrected chi connectivity index (χ0v) is 14.1. The fraction of sp³-hybridized carbons (Fsp3) is 0.412. The first kappa shape index (κ1) is 17.0. The van der Waals surface area contributed by atoms with Crippen molar-refractivity contribution >= 4 is 22.4 Å². The fourth-order valence-corrected chi connectivity index (χ4v) is 3.12. The van der Waals surface area contributed by atoms with Crippen LogP contribution in [0, 0.1) is 5.82 Å². The smallest absolute Gasteiger partial charge is 0.254 e. The Bertz CT molecular complexity index is 683. The number of rotatable bonds is 6. The molecule has 0 aliphatic carbocycles. The molecule has 1 amide bonds. The number of nitrogens with one attached hydrogen (secondary N) is 1. The Hall–Kier alpha value is -1.83. The van der Waals surface area contributed by atoms with E-state index in [4.69, 9.17) is 9.47 Å². The van der Waals surface area contributed by atoms with Gasteiger partial charge in [-0.3, -0.25) is 10.1 Å². The highest BCUT2D eigenvalue weighted by Crippen LogP contribution is 2.25. The van der Waals surface area contributed by atoms with E-state index in [0.717, 1.165) is 25.0 Å². The average molecular weight is 350 g/mol. The maximum atomic E-state index is 13.0. The number of halogens is 1. The fourth-order valence-electron chi connectivity index (χ4n) is 2.39. The Morgan fingerprint density at radius 3 is 3.00 bits per heavy atom. The number of carbonyl (C=O) groups excluding carboxylic acids is 1. The molecule has 0 saturated carbocycles. The van der Waals surface area contributed by atoms with E-state index in [2.05, 4.69) is 10.3 Å². The van der Waals surface area contributed by atoms with Gasteiger partial charge in [-0.2, -0.15) is 0 Å². The minimum Gasteiger partial charge on any atom is -0.376 e. The van der Waals surface area contributed by atoms with Crippen molar-refractivity contribution in [2.45, 2.75) is 32.0 Å². The number of ether oxygens (including phenoxy) is 2. The van der Waals surface area contributed by atoms with Crippen molar-refractivity contribution < 1.29 is 18.7 Å². The number of thiazole rings is 1. The van der Waals surface area contributed by atoms with E-state index in [1.54, 1.807) is 19.1 Å². The van der Waals surface area contributed by atoms with Crippen molar-refractivity contribution in [3.63, 3.8) is 0 Å². The van der Waals surface area contributed by atoms with Crippen molar-refractivity contribution in [3.8, 4) is 11.3 Å². The third-order valence-corrected chi connectivity index (χ3v) is 4.56. The second-order valence-electron chi connectivity index (χ2n) is 5.64. The lowest BCUT2D eigenvalue weighted by Gasteiger charge is -2.15. The molecule has 1 aliphatic rings. The van der Waals surface area contributed by atoms with E-state index in [1.807, 2.05) is 5.38 Å². The molecule has 2 unspecified atom stereocenters. The molecule has 1 aromatic carbocycles. The van der Waals surface area contributed by atoms with Crippen LogP contribution in [-0.4, -0.2) is 36.3 Å². The Labute approximate surface area is 143 Å². The summed E-state index contributed by atoms with van der Waals surface area (Å²) in [5.74, 6) is -0.535. The molecule has 7 heteroatoms. The predicted octanol–water partition coefficient (Wildman–Crippen LogP) is 3.47. The summed E-state index contributed by atoms with van der Waals surface area (Å²) >= 11 is 1.32. The second-order valence-corrected chi connectivity index (χ2v) is 6.50. The summed E-state index contributed by atoms with van der Waals surface area (Å²) in [6.07, 6.45) is 1.53. The van der Waals surface area contributed by atoms with Gasteiger partial charge in [0.2, 0.25) is 0 Å². The van der Waals surface area contributed by atoms with Gasteiger partial charge in [-0.05, 0) is 44.0 Å². The SMILES string of the molecule is CC(OCC1CCCO1)C(=O)Nc1nc(-c2ccc(F)cc2)cs1. The summed E-state index contributed by atoms with van der Waals surface area (Å²) in [5, 5.41) is 5.06. The zero-order chi connectivity index (χ0) is 16.9. The van der Waals surface area contributed by atoms with Crippen LogP contribution in [0.1, 0.15) is 19.8 Å². The molecule has 3 rings (SSSR count). The third kappa shape index (κ3) is 4.37. The van der Waals surface area contributed by atoms with Crippen LogP contribution in [0.5, 0.6) is 0 Å². The van der Waals surface area contributed by atoms with Crippen LogP contribution in [-0.2, 0) is 14.3 Å². The molecule has 1 aliphatic heterocycles. The molecule has 128 valence electrons. The average Bonchev–Trinajstić information content (AvgIpc) is 3.25. The second kappa shape index (κ2) is 7.83. The highest BCUT2D eigenvalue weighted by atomic mass is 32.1. The number of benzene rings is 1. The molecule has 1 fully saturated rings. The largest absolute Gasteiger partial charge is 0.376 e. The van der Waals surface area contributed by atoms with Crippen molar-refractivity contribution in [2.24, 2.45) is 0 Å². The third-order valence-electron chi connectivity index (χ3n) is 3.80. The number of aromatic nitrogens is 1. The first-order chi connectivity index (χ1) is 11.6. The Balaban J connectivity index is 1.53. The van der Waals surface area contributed by atoms with Gasteiger partial charge in [-0.15, -0.1) is 11.3 Å². The molecule has 2 heterocycles. The number of nitrogens with zero attached hydrogens (tertiary/aromatic N) is 1. The molecule has 0 spiro atoms. The minimum absolute atomic E-state index is 0.0881. The number of amides is 1. The molecule has 0 radical (unpaired) electrons. The van der Waals surface area contributed by atoms with Crippen molar-refractivity contribution in [2.75, 3.05) is 18.5 Å². The van der Waals surface area contributed by atoms with Gasteiger partial charge in [0.25, 0.3) is 5.91 Å². The maximum Gasteiger partial charge on any atom is 0.254 e. The normalized spacial score (nSPS) is 18.5. The standard InChI is InChI=1S/C17H19FN2O3S/c1-11(23-9-14-3-2-8-22-14)16(21)20-17-19-15(10-24-17)12-4-6-13(18)7-5-12/h4-7,10-11,14H,2-3,8-9H2,1H3,(H,19,20,21). The Morgan fingerprint density at radius 1 is 1.50 bits per heavy atom. The number of carbonyl (C=O) groups is 1. The highest BCUT2D eigenvalue weighted by Gasteiger charge is 2.20. The lowest BCUT2D eigenvalue weighted by Crippen LogP contribution is -2.30. The van der Waals surface area contributed by atoms with Gasteiger partial charge in [-0.25, -0.2) is 9.37 Å². The first-order valence-corrected chi connectivity index (χ1v) is 8.75. The van der Waals surface area contributed by atoms with Gasteiger partial charge in [0.1, 0.15) is 11.9 Å². The molecule has 2 atom stereocenters. The maximum absolute atomic E-state index is 13.0. The number of hydrogen-bond donors (Lipinski definition) is 1. The van der Waals surface area contributed by atoms with Crippen LogP contribution < -0.4 is 5.32 Å². The van der Waals surface area contributed by atoms with Crippen LogP contribution in [0.3, 0.4) is 0 Å². The number of anilines is 1. The van der Waals surface area contributed by atoms with E-state index in [1.165, 1.54) is 23.5 Å². The summed E-state index contributed by atoms with van der Waals surface area (Å²) in [6, 6.07) is 6.08. The molecular formula is C17H19FN2O3S. The Morgan fingerprint density at radius 2 is 2.29 bits per heavy atom. The van der Waals surface area contributed by atoms with Crippen LogP contribution >= 0.6 is 11.3 Å². The van der Waals surface area contributed by atoms with Crippen LogP contribution in [0.15, 0.2) is 29.6 Å². The quantitative estimate of drug-likeness (QED) is 0.867. The van der Waals surface area contributed by atoms with E-state index in [9.17, 15) is 9.18 Å². The van der Waals surface area contributed by atoms with Crippen molar-refractivity contribution in [1.82, 2.24) is 4.98 Å². The van der Waals surface area contributed by atoms with E-state index >= 15 is 0 Å². The monoisotopic (exact) mass is 350 g/mol. The lowest BCUT2D eigenvalue weighted by molar-refractivity contribution is -0.128. The van der Waals surface area contributed by atoms with Crippen LogP contribution in [0.4, 0.5) is 9.52 Å². The lowest BCUT2D eigenvalue weighted by atomic mass is 10.2. The summed E-state index contributed by atoms with van der Waals surface area (Å²) in [4.78, 5) is 16.5. The van der Waals surface area contributed by atoms with Gasteiger partial charge in [0.15, 0.2) is 5.13 Å². The summed E-state index contributed by atoms with van der Waals surface area (Å²) in [7, 11) is 0. The van der Waals surface area contributed by atoms with Gasteiger partial charge in [0, 0.05) is 17.6 Å². The molecular weight excluding hydrogens is 331 g/mol. The van der Waals surface area contributed by atoms with E-state index < -0.39 is 6.10 Å². The van der Waals surface area contributed by atoms with Crippen LogP contribution in [0.25, 0.3) is 11.3 Å². The van der Waals surface area contributed by atoms with Crippen molar-refractivity contribution in [1.29, 1.82) is 0 Å².